The summed E-state index contributed by atoms with van der Waals surface area (Å²) in [6.45, 7) is 7.88. The summed E-state index contributed by atoms with van der Waals surface area (Å²) in [6, 6.07) is 0. The fourth-order valence-corrected chi connectivity index (χ4v) is 8.15. The summed E-state index contributed by atoms with van der Waals surface area (Å²) in [6.07, 6.45) is 14.1. The Balaban J connectivity index is 1.56. The zero-order valence-corrected chi connectivity index (χ0v) is 17.1. The molecule has 4 aliphatic carbocycles. The van der Waals surface area contributed by atoms with E-state index in [-0.39, 0.29) is 0 Å². The van der Waals surface area contributed by atoms with Gasteiger partial charge in [0, 0.05) is 13.0 Å². The van der Waals surface area contributed by atoms with Crippen molar-refractivity contribution in [1.29, 1.82) is 0 Å². The van der Waals surface area contributed by atoms with Crippen LogP contribution >= 0.6 is 0 Å². The lowest BCUT2D eigenvalue weighted by Crippen LogP contribution is -2.50. The molecule has 146 valence electrons. The highest BCUT2D eigenvalue weighted by molar-refractivity contribution is 5.91. The van der Waals surface area contributed by atoms with Gasteiger partial charge in [-0.15, -0.1) is 0 Å². The summed E-state index contributed by atoms with van der Waals surface area (Å²) in [4.78, 5) is 12.0. The second kappa shape index (κ2) is 6.76. The fourth-order valence-electron chi connectivity index (χ4n) is 8.15. The zero-order chi connectivity index (χ0) is 18.5. The first-order valence-corrected chi connectivity index (χ1v) is 11.2. The van der Waals surface area contributed by atoms with Crippen LogP contribution in [-0.4, -0.2) is 17.5 Å². The van der Waals surface area contributed by atoms with Gasteiger partial charge in [-0.25, -0.2) is 0 Å². The van der Waals surface area contributed by atoms with Crippen molar-refractivity contribution in [2.24, 2.45) is 40.4 Å². The minimum absolute atomic E-state index is 0.304. The van der Waals surface area contributed by atoms with Crippen molar-refractivity contribution in [3.05, 3.63) is 11.6 Å². The molecule has 0 unspecified atom stereocenters. The predicted octanol–water partition coefficient (Wildman–Crippen LogP) is 5.54. The Kier molecular flexibility index (Phi) is 4.87. The van der Waals surface area contributed by atoms with E-state index in [1.807, 2.05) is 6.08 Å². The van der Waals surface area contributed by atoms with E-state index in [1.165, 1.54) is 50.5 Å². The SMILES string of the molecule is C[C@@H](CCCO)[C@H]1CC[C@H]2[C@@H]3CCC4=CC(=O)CC[C@]4(C)[C@H]3CC[C@]12C. The zero-order valence-electron chi connectivity index (χ0n) is 17.1. The van der Waals surface area contributed by atoms with Crippen LogP contribution in [0.4, 0.5) is 0 Å². The minimum atomic E-state index is 0.304. The largest absolute Gasteiger partial charge is 0.396 e. The molecule has 0 aromatic carbocycles. The van der Waals surface area contributed by atoms with E-state index >= 15 is 0 Å². The van der Waals surface area contributed by atoms with Crippen LogP contribution in [0, 0.1) is 40.4 Å². The molecule has 0 aromatic rings. The average molecular weight is 359 g/mol. The van der Waals surface area contributed by atoms with E-state index in [2.05, 4.69) is 20.8 Å². The first-order valence-electron chi connectivity index (χ1n) is 11.2. The first-order chi connectivity index (χ1) is 12.4. The van der Waals surface area contributed by atoms with E-state index in [9.17, 15) is 9.90 Å². The molecular formula is C24H38O2. The van der Waals surface area contributed by atoms with Gasteiger partial charge in [-0.3, -0.25) is 4.79 Å². The molecule has 0 aromatic heterocycles. The molecule has 4 aliphatic rings. The third kappa shape index (κ3) is 2.74. The molecule has 3 fully saturated rings. The molecule has 0 heterocycles. The molecule has 0 aliphatic heterocycles. The van der Waals surface area contributed by atoms with Crippen molar-refractivity contribution >= 4 is 5.78 Å². The number of carbonyl (C=O) groups is 1. The Morgan fingerprint density at radius 3 is 2.69 bits per heavy atom. The second-order valence-corrected chi connectivity index (χ2v) is 10.5. The van der Waals surface area contributed by atoms with Gasteiger partial charge in [0.2, 0.25) is 0 Å². The van der Waals surface area contributed by atoms with Crippen molar-refractivity contribution in [3.8, 4) is 0 Å². The van der Waals surface area contributed by atoms with Gasteiger partial charge in [0.05, 0.1) is 0 Å². The van der Waals surface area contributed by atoms with Crippen molar-refractivity contribution in [3.63, 3.8) is 0 Å². The highest BCUT2D eigenvalue weighted by Gasteiger charge is 2.59. The standard InChI is InChI=1S/C24H38O2/c1-16(5-4-14-25)20-8-9-21-19-7-6-17-15-18(26)10-12-23(17,2)22(19)11-13-24(20,21)3/h15-16,19-22,25H,4-14H2,1-3H3/t16-,19-,20+,21-,22-,23-,24+/m0/s1. The van der Waals surface area contributed by atoms with Gasteiger partial charge in [0.15, 0.2) is 5.78 Å². The number of aliphatic hydroxyl groups excluding tert-OH is 1. The maximum atomic E-state index is 12.0. The lowest BCUT2D eigenvalue weighted by atomic mass is 9.46. The lowest BCUT2D eigenvalue weighted by Gasteiger charge is -2.58. The molecule has 0 amide bonds. The molecule has 3 saturated carbocycles. The summed E-state index contributed by atoms with van der Waals surface area (Å²) < 4.78 is 0. The molecule has 26 heavy (non-hydrogen) atoms. The number of fused-ring (bicyclic) bond motifs is 5. The van der Waals surface area contributed by atoms with Gasteiger partial charge < -0.3 is 5.11 Å². The van der Waals surface area contributed by atoms with Crippen molar-refractivity contribution in [1.82, 2.24) is 0 Å². The lowest BCUT2D eigenvalue weighted by molar-refractivity contribution is -0.117. The predicted molar refractivity (Wildman–Crippen MR) is 106 cm³/mol. The van der Waals surface area contributed by atoms with Crippen molar-refractivity contribution < 1.29 is 9.90 Å². The summed E-state index contributed by atoms with van der Waals surface area (Å²) in [5, 5.41) is 9.24. The molecule has 2 heteroatoms. The van der Waals surface area contributed by atoms with E-state index in [0.717, 1.165) is 48.9 Å². The number of allylic oxidation sites excluding steroid dienone is 1. The molecule has 4 rings (SSSR count). The molecule has 1 N–H and O–H groups in total. The van der Waals surface area contributed by atoms with Gasteiger partial charge in [-0.2, -0.15) is 0 Å². The summed E-state index contributed by atoms with van der Waals surface area (Å²) in [7, 11) is 0. The van der Waals surface area contributed by atoms with Gasteiger partial charge >= 0.3 is 0 Å². The smallest absolute Gasteiger partial charge is 0.155 e. The Labute approximate surface area is 159 Å². The quantitative estimate of drug-likeness (QED) is 0.716. The Morgan fingerprint density at radius 1 is 1.12 bits per heavy atom. The van der Waals surface area contributed by atoms with Crippen molar-refractivity contribution in [2.75, 3.05) is 6.61 Å². The van der Waals surface area contributed by atoms with Crippen LogP contribution in [-0.2, 0) is 4.79 Å². The molecule has 0 saturated heterocycles. The number of aliphatic hydroxyl groups is 1. The summed E-state index contributed by atoms with van der Waals surface area (Å²) in [5.41, 5.74) is 2.31. The fraction of sp³-hybridized carbons (Fsp3) is 0.875. The summed E-state index contributed by atoms with van der Waals surface area (Å²) >= 11 is 0. The highest BCUT2D eigenvalue weighted by atomic mass is 16.2. The summed E-state index contributed by atoms with van der Waals surface area (Å²) in [5.74, 6) is 4.53. The number of carbonyl (C=O) groups excluding carboxylic acids is 1. The van der Waals surface area contributed by atoms with Gasteiger partial charge in [-0.05, 0) is 104 Å². The van der Waals surface area contributed by atoms with Gasteiger partial charge in [0.25, 0.3) is 0 Å². The number of rotatable bonds is 4. The van der Waals surface area contributed by atoms with Crippen LogP contribution in [0.15, 0.2) is 11.6 Å². The molecule has 0 bridgehead atoms. The molecule has 2 nitrogen and oxygen atoms in total. The van der Waals surface area contributed by atoms with Crippen LogP contribution in [0.2, 0.25) is 0 Å². The van der Waals surface area contributed by atoms with Gasteiger partial charge in [0.1, 0.15) is 0 Å². The molecule has 0 radical (unpaired) electrons. The third-order valence-electron chi connectivity index (χ3n) is 9.54. The van der Waals surface area contributed by atoms with Gasteiger partial charge in [-0.1, -0.05) is 26.3 Å². The Hall–Kier alpha value is -0.630. The van der Waals surface area contributed by atoms with Crippen LogP contribution in [0.3, 0.4) is 0 Å². The average Bonchev–Trinajstić information content (AvgIpc) is 2.97. The molecule has 0 spiro atoms. The molecular weight excluding hydrogens is 320 g/mol. The number of hydrogen-bond donors (Lipinski definition) is 1. The monoisotopic (exact) mass is 358 g/mol. The van der Waals surface area contributed by atoms with E-state index < -0.39 is 0 Å². The normalized spacial score (nSPS) is 46.2. The van der Waals surface area contributed by atoms with Crippen LogP contribution in [0.25, 0.3) is 0 Å². The van der Waals surface area contributed by atoms with Crippen LogP contribution < -0.4 is 0 Å². The minimum Gasteiger partial charge on any atom is -0.396 e. The maximum Gasteiger partial charge on any atom is 0.155 e. The van der Waals surface area contributed by atoms with Crippen LogP contribution in [0.1, 0.15) is 85.0 Å². The van der Waals surface area contributed by atoms with Crippen LogP contribution in [0.5, 0.6) is 0 Å². The van der Waals surface area contributed by atoms with E-state index in [4.69, 9.17) is 0 Å². The highest BCUT2D eigenvalue weighted by Crippen LogP contribution is 2.67. The first kappa shape index (κ1) is 18.7. The second-order valence-electron chi connectivity index (χ2n) is 10.5. The topological polar surface area (TPSA) is 37.3 Å². The third-order valence-corrected chi connectivity index (χ3v) is 9.54. The van der Waals surface area contributed by atoms with E-state index in [0.29, 0.717) is 23.2 Å². The number of ketones is 1. The van der Waals surface area contributed by atoms with E-state index in [1.54, 1.807) is 0 Å². The maximum absolute atomic E-state index is 12.0. The number of hydrogen-bond acceptors (Lipinski definition) is 2. The Bertz CT molecular complexity index is 593. The Morgan fingerprint density at radius 2 is 1.92 bits per heavy atom. The van der Waals surface area contributed by atoms with Crippen molar-refractivity contribution in [2.45, 2.75) is 85.0 Å². The molecule has 7 atom stereocenters.